The number of rotatable bonds is 11. The van der Waals surface area contributed by atoms with Gasteiger partial charge >= 0.3 is 7.60 Å². The van der Waals surface area contributed by atoms with E-state index in [0.29, 0.717) is 0 Å². The van der Waals surface area contributed by atoms with E-state index in [2.05, 4.69) is 19.1 Å². The Balaban J connectivity index is 2.27. The van der Waals surface area contributed by atoms with Gasteiger partial charge in [-0.1, -0.05) is 38.3 Å². The Kier molecular flexibility index (Phi) is 8.72. The molecule has 0 bridgehead atoms. The molecule has 0 saturated heterocycles. The van der Waals surface area contributed by atoms with E-state index < -0.39 is 7.60 Å². The largest absolute Gasteiger partial charge is 0.492 e. The van der Waals surface area contributed by atoms with E-state index in [0.717, 1.165) is 12.2 Å². The lowest BCUT2D eigenvalue weighted by atomic mass is 10.1. The van der Waals surface area contributed by atoms with Gasteiger partial charge in [-0.2, -0.15) is 0 Å². The first kappa shape index (κ1) is 19.2. The molecule has 126 valence electrons. The summed E-state index contributed by atoms with van der Waals surface area (Å²) in [5.74, 6) is 0.740. The molecule has 1 aromatic carbocycles. The zero-order valence-electron chi connectivity index (χ0n) is 13.3. The first-order valence-electron chi connectivity index (χ1n) is 7.92. The summed E-state index contributed by atoms with van der Waals surface area (Å²) >= 11 is 0. The number of ether oxygens (including phenoxy) is 1. The van der Waals surface area contributed by atoms with Crippen LogP contribution in [0.1, 0.15) is 44.6 Å². The molecule has 1 aromatic rings. The van der Waals surface area contributed by atoms with Crippen LogP contribution in [0.5, 0.6) is 5.75 Å². The van der Waals surface area contributed by atoms with Gasteiger partial charge in [0.05, 0.1) is 6.16 Å². The van der Waals surface area contributed by atoms with Gasteiger partial charge in [0.2, 0.25) is 0 Å². The second-order valence-electron chi connectivity index (χ2n) is 5.70. The number of aryl methyl sites for hydroxylation is 1. The molecule has 0 radical (unpaired) electrons. The van der Waals surface area contributed by atoms with Crippen LogP contribution in [0.25, 0.3) is 0 Å². The fourth-order valence-corrected chi connectivity index (χ4v) is 2.80. The van der Waals surface area contributed by atoms with E-state index >= 15 is 0 Å². The minimum absolute atomic E-state index is 0.200. The van der Waals surface area contributed by atoms with Crippen molar-refractivity contribution in [3.05, 3.63) is 29.8 Å². The minimum Gasteiger partial charge on any atom is -0.492 e. The zero-order valence-corrected chi connectivity index (χ0v) is 14.2. The van der Waals surface area contributed by atoms with Crippen molar-refractivity contribution in [3.63, 3.8) is 0 Å². The van der Waals surface area contributed by atoms with Crippen molar-refractivity contribution in [1.29, 1.82) is 0 Å². The van der Waals surface area contributed by atoms with E-state index in [1.807, 2.05) is 12.1 Å². The van der Waals surface area contributed by atoms with Gasteiger partial charge < -0.3 is 20.3 Å². The Morgan fingerprint density at radius 1 is 1.18 bits per heavy atom. The van der Waals surface area contributed by atoms with E-state index in [4.69, 9.17) is 20.3 Å². The molecule has 22 heavy (non-hydrogen) atoms. The molecule has 0 amide bonds. The fraction of sp³-hybridized carbons (Fsp3) is 0.625. The monoisotopic (exact) mass is 329 g/mol. The van der Waals surface area contributed by atoms with Crippen LogP contribution in [-0.2, 0) is 11.0 Å². The standard InChI is InChI=1S/C16H28NO4P/c1-2-3-4-5-6-14-7-9-16(10-8-14)21-13-15(17)11-12-22(18,19)20/h7-10,15H,2-6,11-13,17H2,1H3,(H2,18,19,20)/t15-/m0/s1. The smallest absolute Gasteiger partial charge is 0.325 e. The van der Waals surface area contributed by atoms with Crippen LogP contribution in [0.3, 0.4) is 0 Å². The van der Waals surface area contributed by atoms with Crippen molar-refractivity contribution < 1.29 is 19.1 Å². The molecule has 0 aromatic heterocycles. The van der Waals surface area contributed by atoms with Gasteiger partial charge in [0.15, 0.2) is 0 Å². The summed E-state index contributed by atoms with van der Waals surface area (Å²) in [5, 5.41) is 0. The summed E-state index contributed by atoms with van der Waals surface area (Å²) in [7, 11) is -3.97. The number of hydrogen-bond donors (Lipinski definition) is 3. The van der Waals surface area contributed by atoms with Gasteiger partial charge in [0, 0.05) is 6.04 Å². The van der Waals surface area contributed by atoms with Crippen LogP contribution in [0.2, 0.25) is 0 Å². The van der Waals surface area contributed by atoms with Gasteiger partial charge in [-0.15, -0.1) is 0 Å². The molecule has 6 heteroatoms. The fourth-order valence-electron chi connectivity index (χ4n) is 2.13. The first-order chi connectivity index (χ1) is 10.4. The second-order valence-corrected chi connectivity index (χ2v) is 7.48. The predicted molar refractivity (Wildman–Crippen MR) is 89.3 cm³/mol. The molecule has 0 aliphatic carbocycles. The Hall–Kier alpha value is -0.870. The molecule has 0 aliphatic rings. The highest BCUT2D eigenvalue weighted by Gasteiger charge is 2.15. The maximum Gasteiger partial charge on any atom is 0.325 e. The van der Waals surface area contributed by atoms with Gasteiger partial charge in [-0.25, -0.2) is 0 Å². The molecular weight excluding hydrogens is 301 g/mol. The van der Waals surface area contributed by atoms with Crippen molar-refractivity contribution in [1.82, 2.24) is 0 Å². The summed E-state index contributed by atoms with van der Waals surface area (Å²) in [6.07, 6.45) is 6.14. The third-order valence-corrected chi connectivity index (χ3v) is 4.34. The highest BCUT2D eigenvalue weighted by Crippen LogP contribution is 2.35. The summed E-state index contributed by atoms with van der Waals surface area (Å²) < 4.78 is 16.3. The third kappa shape index (κ3) is 9.21. The molecule has 1 rings (SSSR count). The Labute approximate surface area is 133 Å². The molecular formula is C16H28NO4P. The average Bonchev–Trinajstić information content (AvgIpc) is 2.48. The van der Waals surface area contributed by atoms with Crippen LogP contribution >= 0.6 is 7.60 Å². The lowest BCUT2D eigenvalue weighted by Crippen LogP contribution is -2.28. The van der Waals surface area contributed by atoms with Gasteiger partial charge in [-0.05, 0) is 37.0 Å². The molecule has 0 aliphatic heterocycles. The van der Waals surface area contributed by atoms with Gasteiger partial charge in [-0.3, -0.25) is 4.57 Å². The number of benzene rings is 1. The van der Waals surface area contributed by atoms with Crippen molar-refractivity contribution in [2.24, 2.45) is 5.73 Å². The van der Waals surface area contributed by atoms with Crippen molar-refractivity contribution >= 4 is 7.60 Å². The van der Waals surface area contributed by atoms with Crippen LogP contribution in [-0.4, -0.2) is 28.6 Å². The molecule has 0 saturated carbocycles. The summed E-state index contributed by atoms with van der Waals surface area (Å²) in [4.78, 5) is 17.6. The number of unbranched alkanes of at least 4 members (excludes halogenated alkanes) is 3. The van der Waals surface area contributed by atoms with E-state index in [9.17, 15) is 4.57 Å². The van der Waals surface area contributed by atoms with Gasteiger partial charge in [0.25, 0.3) is 0 Å². The number of hydrogen-bond acceptors (Lipinski definition) is 3. The van der Waals surface area contributed by atoms with Crippen LogP contribution in [0.4, 0.5) is 0 Å². The summed E-state index contributed by atoms with van der Waals surface area (Å²) in [6.45, 7) is 2.46. The van der Waals surface area contributed by atoms with Crippen LogP contribution < -0.4 is 10.5 Å². The molecule has 0 spiro atoms. The highest BCUT2D eigenvalue weighted by atomic mass is 31.2. The highest BCUT2D eigenvalue weighted by molar-refractivity contribution is 7.51. The molecule has 0 unspecified atom stereocenters. The second kappa shape index (κ2) is 10.0. The average molecular weight is 329 g/mol. The summed E-state index contributed by atoms with van der Waals surface area (Å²) in [6, 6.07) is 7.59. The molecule has 0 fully saturated rings. The molecule has 1 atom stereocenters. The van der Waals surface area contributed by atoms with Crippen LogP contribution in [0.15, 0.2) is 24.3 Å². The topological polar surface area (TPSA) is 92.8 Å². The van der Waals surface area contributed by atoms with Crippen LogP contribution in [0, 0.1) is 0 Å². The number of nitrogens with two attached hydrogens (primary N) is 1. The molecule has 0 heterocycles. The Morgan fingerprint density at radius 3 is 2.45 bits per heavy atom. The van der Waals surface area contributed by atoms with E-state index in [1.54, 1.807) is 0 Å². The molecule has 5 nitrogen and oxygen atoms in total. The maximum absolute atomic E-state index is 10.8. The Bertz CT molecular complexity index is 458. The Morgan fingerprint density at radius 2 is 1.86 bits per heavy atom. The van der Waals surface area contributed by atoms with E-state index in [-0.39, 0.29) is 25.2 Å². The SMILES string of the molecule is CCCCCCc1ccc(OC[C@@H](N)CCP(=O)(O)O)cc1. The maximum atomic E-state index is 10.8. The van der Waals surface area contributed by atoms with Gasteiger partial charge in [0.1, 0.15) is 12.4 Å². The van der Waals surface area contributed by atoms with Crippen molar-refractivity contribution in [2.75, 3.05) is 12.8 Å². The minimum atomic E-state index is -3.97. The van der Waals surface area contributed by atoms with Crippen molar-refractivity contribution in [3.8, 4) is 5.75 Å². The van der Waals surface area contributed by atoms with E-state index in [1.165, 1.54) is 31.2 Å². The lowest BCUT2D eigenvalue weighted by molar-refractivity contribution is 0.283. The lowest BCUT2D eigenvalue weighted by Gasteiger charge is -2.14. The quantitative estimate of drug-likeness (QED) is 0.428. The zero-order chi connectivity index (χ0) is 16.4. The van der Waals surface area contributed by atoms with Crippen molar-refractivity contribution in [2.45, 2.75) is 51.5 Å². The normalized spacial score (nSPS) is 13.1. The first-order valence-corrected chi connectivity index (χ1v) is 9.72. The molecule has 4 N–H and O–H groups in total. The third-order valence-electron chi connectivity index (χ3n) is 3.50. The predicted octanol–water partition coefficient (Wildman–Crippen LogP) is 3.08. The summed E-state index contributed by atoms with van der Waals surface area (Å²) in [5.41, 5.74) is 7.08.